The topological polar surface area (TPSA) is 69.3 Å². The van der Waals surface area contributed by atoms with E-state index >= 15 is 0 Å². The number of benzene rings is 1. The second kappa shape index (κ2) is 7.00. The van der Waals surface area contributed by atoms with Gasteiger partial charge in [0.2, 0.25) is 5.91 Å². The summed E-state index contributed by atoms with van der Waals surface area (Å²) in [6, 6.07) is 11.4. The molecule has 3 heterocycles. The predicted molar refractivity (Wildman–Crippen MR) is 98.7 cm³/mol. The largest absolute Gasteiger partial charge is 0.361 e. The molecule has 2 aromatic heterocycles. The molecule has 0 bridgehead atoms. The summed E-state index contributed by atoms with van der Waals surface area (Å²) in [5.74, 6) is 0.0990. The second-order valence-electron chi connectivity index (χ2n) is 6.45. The van der Waals surface area contributed by atoms with E-state index < -0.39 is 0 Å². The number of hydrogen-bond acceptors (Lipinski definition) is 3. The van der Waals surface area contributed by atoms with Gasteiger partial charge in [0.05, 0.1) is 6.42 Å². The molecule has 6 nitrogen and oxygen atoms in total. The molecule has 0 saturated carbocycles. The van der Waals surface area contributed by atoms with Gasteiger partial charge in [-0.3, -0.25) is 14.6 Å². The summed E-state index contributed by atoms with van der Waals surface area (Å²) in [6.45, 7) is 2.25. The maximum absolute atomic E-state index is 12.7. The Balaban J connectivity index is 1.37. The van der Waals surface area contributed by atoms with Gasteiger partial charge in [-0.05, 0) is 23.8 Å². The van der Waals surface area contributed by atoms with Gasteiger partial charge in [0.1, 0.15) is 0 Å². The van der Waals surface area contributed by atoms with Crippen molar-refractivity contribution in [3.8, 4) is 0 Å². The standard InChI is InChI=1S/C20H20N4O2/c25-19(13-16-14-22-18-4-2-1-3-17(16)18)23-9-11-24(12-10-23)20(26)15-5-7-21-8-6-15/h1-8,14,22H,9-13H2. The number of pyridine rings is 1. The number of aromatic amines is 1. The number of carbonyl (C=O) groups is 2. The minimum Gasteiger partial charge on any atom is -0.361 e. The average molecular weight is 348 g/mol. The van der Waals surface area contributed by atoms with E-state index in [-0.39, 0.29) is 11.8 Å². The van der Waals surface area contributed by atoms with Gasteiger partial charge in [-0.1, -0.05) is 18.2 Å². The van der Waals surface area contributed by atoms with E-state index in [2.05, 4.69) is 9.97 Å². The van der Waals surface area contributed by atoms with E-state index in [1.165, 1.54) is 0 Å². The molecule has 1 aliphatic heterocycles. The Labute approximate surface area is 151 Å². The van der Waals surface area contributed by atoms with Gasteiger partial charge in [0, 0.05) is 61.2 Å². The van der Waals surface area contributed by atoms with E-state index in [4.69, 9.17) is 0 Å². The van der Waals surface area contributed by atoms with Crippen LogP contribution >= 0.6 is 0 Å². The molecule has 0 atom stereocenters. The van der Waals surface area contributed by atoms with Crippen LogP contribution in [0.4, 0.5) is 0 Å². The van der Waals surface area contributed by atoms with Crippen LogP contribution in [-0.4, -0.2) is 57.8 Å². The minimum absolute atomic E-state index is 0.00359. The maximum Gasteiger partial charge on any atom is 0.254 e. The lowest BCUT2D eigenvalue weighted by atomic mass is 10.1. The number of H-pyrrole nitrogens is 1. The zero-order chi connectivity index (χ0) is 17.9. The van der Waals surface area contributed by atoms with Gasteiger partial charge >= 0.3 is 0 Å². The number of nitrogens with one attached hydrogen (secondary N) is 1. The molecule has 1 fully saturated rings. The third-order valence-electron chi connectivity index (χ3n) is 4.86. The van der Waals surface area contributed by atoms with Crippen molar-refractivity contribution in [2.75, 3.05) is 26.2 Å². The normalized spacial score (nSPS) is 14.6. The van der Waals surface area contributed by atoms with E-state index in [0.29, 0.717) is 38.2 Å². The van der Waals surface area contributed by atoms with Crippen LogP contribution < -0.4 is 0 Å². The molecule has 1 aliphatic rings. The third-order valence-corrected chi connectivity index (χ3v) is 4.86. The molecule has 0 spiro atoms. The Morgan fingerprint density at radius 2 is 1.65 bits per heavy atom. The Bertz CT molecular complexity index is 927. The maximum atomic E-state index is 12.7. The molecule has 132 valence electrons. The first kappa shape index (κ1) is 16.3. The van der Waals surface area contributed by atoms with Crippen LogP contribution in [0.1, 0.15) is 15.9 Å². The van der Waals surface area contributed by atoms with Crippen LogP contribution in [0.2, 0.25) is 0 Å². The SMILES string of the molecule is O=C(Cc1c[nH]c2ccccc12)N1CCN(C(=O)c2ccncc2)CC1. The number of carbonyl (C=O) groups excluding carboxylic acids is 2. The number of nitrogens with zero attached hydrogens (tertiary/aromatic N) is 3. The molecule has 3 aromatic rings. The van der Waals surface area contributed by atoms with Gasteiger partial charge in [-0.15, -0.1) is 0 Å². The molecule has 0 aliphatic carbocycles. The highest BCUT2D eigenvalue weighted by atomic mass is 16.2. The number of aromatic nitrogens is 2. The highest BCUT2D eigenvalue weighted by Crippen LogP contribution is 2.19. The first-order chi connectivity index (χ1) is 12.7. The van der Waals surface area contributed by atoms with Crippen molar-refractivity contribution in [2.24, 2.45) is 0 Å². The molecule has 2 amide bonds. The fraction of sp³-hybridized carbons (Fsp3) is 0.250. The van der Waals surface area contributed by atoms with Crippen LogP contribution in [0.15, 0.2) is 55.0 Å². The Hall–Kier alpha value is -3.15. The average Bonchev–Trinajstić information content (AvgIpc) is 3.11. The van der Waals surface area contributed by atoms with Crippen molar-refractivity contribution in [3.63, 3.8) is 0 Å². The van der Waals surface area contributed by atoms with Crippen molar-refractivity contribution in [1.82, 2.24) is 19.8 Å². The number of amides is 2. The predicted octanol–water partition coefficient (Wildman–Crippen LogP) is 2.09. The molecule has 0 unspecified atom stereocenters. The molecule has 6 heteroatoms. The van der Waals surface area contributed by atoms with E-state index in [0.717, 1.165) is 16.5 Å². The van der Waals surface area contributed by atoms with Gasteiger partial charge in [-0.25, -0.2) is 0 Å². The van der Waals surface area contributed by atoms with Gasteiger partial charge in [0.25, 0.3) is 5.91 Å². The van der Waals surface area contributed by atoms with Crippen LogP contribution in [0.3, 0.4) is 0 Å². The molecular weight excluding hydrogens is 328 g/mol. The third kappa shape index (κ3) is 3.18. The first-order valence-corrected chi connectivity index (χ1v) is 8.74. The lowest BCUT2D eigenvalue weighted by Crippen LogP contribution is -2.51. The van der Waals surface area contributed by atoms with E-state index in [9.17, 15) is 9.59 Å². The smallest absolute Gasteiger partial charge is 0.254 e. The quantitative estimate of drug-likeness (QED) is 0.788. The van der Waals surface area contributed by atoms with Crippen molar-refractivity contribution >= 4 is 22.7 Å². The fourth-order valence-electron chi connectivity index (χ4n) is 3.39. The van der Waals surface area contributed by atoms with Crippen molar-refractivity contribution in [3.05, 3.63) is 66.1 Å². The summed E-state index contributed by atoms with van der Waals surface area (Å²) >= 11 is 0. The van der Waals surface area contributed by atoms with Gasteiger partial charge < -0.3 is 14.8 Å². The van der Waals surface area contributed by atoms with Crippen molar-refractivity contribution in [1.29, 1.82) is 0 Å². The van der Waals surface area contributed by atoms with E-state index in [1.807, 2.05) is 35.4 Å². The fourth-order valence-corrected chi connectivity index (χ4v) is 3.39. The van der Waals surface area contributed by atoms with Crippen LogP contribution in [0, 0.1) is 0 Å². The molecular formula is C20H20N4O2. The molecule has 0 radical (unpaired) electrons. The number of rotatable bonds is 3. The van der Waals surface area contributed by atoms with Gasteiger partial charge in [0.15, 0.2) is 0 Å². The zero-order valence-corrected chi connectivity index (χ0v) is 14.4. The van der Waals surface area contributed by atoms with Crippen molar-refractivity contribution < 1.29 is 9.59 Å². The summed E-state index contributed by atoms with van der Waals surface area (Å²) < 4.78 is 0. The highest BCUT2D eigenvalue weighted by molar-refractivity contribution is 5.94. The summed E-state index contributed by atoms with van der Waals surface area (Å²) in [5, 5.41) is 1.09. The molecule has 1 aromatic carbocycles. The monoisotopic (exact) mass is 348 g/mol. The Morgan fingerprint density at radius 1 is 0.962 bits per heavy atom. The minimum atomic E-state index is -0.00359. The highest BCUT2D eigenvalue weighted by Gasteiger charge is 2.25. The van der Waals surface area contributed by atoms with Crippen LogP contribution in [0.5, 0.6) is 0 Å². The lowest BCUT2D eigenvalue weighted by molar-refractivity contribution is -0.131. The summed E-state index contributed by atoms with van der Waals surface area (Å²) in [6.07, 6.45) is 5.52. The first-order valence-electron chi connectivity index (χ1n) is 8.74. The van der Waals surface area contributed by atoms with Gasteiger partial charge in [-0.2, -0.15) is 0 Å². The molecule has 26 heavy (non-hydrogen) atoms. The number of hydrogen-bond donors (Lipinski definition) is 1. The number of fused-ring (bicyclic) bond motifs is 1. The molecule has 4 rings (SSSR count). The van der Waals surface area contributed by atoms with Crippen LogP contribution in [-0.2, 0) is 11.2 Å². The molecule has 1 N–H and O–H groups in total. The summed E-state index contributed by atoms with van der Waals surface area (Å²) in [7, 11) is 0. The summed E-state index contributed by atoms with van der Waals surface area (Å²) in [5.41, 5.74) is 2.70. The lowest BCUT2D eigenvalue weighted by Gasteiger charge is -2.34. The summed E-state index contributed by atoms with van der Waals surface area (Å²) in [4.78, 5) is 35.9. The Morgan fingerprint density at radius 3 is 2.42 bits per heavy atom. The zero-order valence-electron chi connectivity index (χ0n) is 14.4. The van der Waals surface area contributed by atoms with Crippen LogP contribution in [0.25, 0.3) is 10.9 Å². The van der Waals surface area contributed by atoms with E-state index in [1.54, 1.807) is 29.4 Å². The second-order valence-corrected chi connectivity index (χ2v) is 6.45. The van der Waals surface area contributed by atoms with Crippen molar-refractivity contribution in [2.45, 2.75) is 6.42 Å². The Kier molecular flexibility index (Phi) is 4.39. The number of para-hydroxylation sites is 1. The number of piperazine rings is 1. The molecule has 1 saturated heterocycles.